The highest BCUT2D eigenvalue weighted by Gasteiger charge is 2.35. The lowest BCUT2D eigenvalue weighted by Gasteiger charge is -2.30. The minimum atomic E-state index is -0.302. The molecule has 0 aliphatic carbocycles. The molecule has 0 radical (unpaired) electrons. The number of anilines is 4. The Morgan fingerprint density at radius 2 is 1.21 bits per heavy atom. The van der Waals surface area contributed by atoms with Gasteiger partial charge in [0.2, 0.25) is 0 Å². The first-order valence-corrected chi connectivity index (χ1v) is 15.8. The first kappa shape index (κ1) is 33.1. The normalized spacial score (nSPS) is 16.8. The number of allylic oxidation sites excluding steroid dienone is 2. The number of carbonyl (C=O) groups is 2. The zero-order valence-corrected chi connectivity index (χ0v) is 27.7. The number of hydrogen-bond acceptors (Lipinski definition) is 8. The number of carbonyl (C=O) groups excluding carboxylic acids is 2. The van der Waals surface area contributed by atoms with Crippen LogP contribution in [0.5, 0.6) is 0 Å². The monoisotopic (exact) mass is 668 g/mol. The number of rotatable bonds is 12. The van der Waals surface area contributed by atoms with Crippen LogP contribution in [-0.4, -0.2) is 57.5 Å². The van der Waals surface area contributed by atoms with E-state index in [2.05, 4.69) is 45.6 Å². The molecule has 4 rings (SSSR count). The minimum Gasteiger partial charge on any atom is -0.466 e. The van der Waals surface area contributed by atoms with Crippen molar-refractivity contribution in [2.45, 2.75) is 46.7 Å². The van der Waals surface area contributed by atoms with Crippen LogP contribution >= 0.6 is 46.4 Å². The molecule has 0 amide bonds. The average molecular weight is 670 g/mol. The molecule has 0 aromatic heterocycles. The summed E-state index contributed by atoms with van der Waals surface area (Å²) in [5.41, 5.74) is 3.87. The predicted molar refractivity (Wildman–Crippen MR) is 177 cm³/mol. The van der Waals surface area contributed by atoms with Gasteiger partial charge in [-0.3, -0.25) is 9.59 Å². The molecule has 43 heavy (non-hydrogen) atoms. The van der Waals surface area contributed by atoms with E-state index >= 15 is 0 Å². The zero-order chi connectivity index (χ0) is 31.3. The number of fused-ring (bicyclic) bond motifs is 2. The maximum atomic E-state index is 11.3. The summed E-state index contributed by atoms with van der Waals surface area (Å²) in [5, 5.41) is 1.94. The van der Waals surface area contributed by atoms with E-state index in [0.29, 0.717) is 65.8 Å². The van der Waals surface area contributed by atoms with Crippen LogP contribution in [0.3, 0.4) is 0 Å². The van der Waals surface area contributed by atoms with E-state index in [4.69, 9.17) is 55.9 Å². The van der Waals surface area contributed by atoms with Crippen molar-refractivity contribution in [1.82, 2.24) is 0 Å². The lowest BCUT2D eigenvalue weighted by molar-refractivity contribution is -0.141. The fraction of sp³-hybridized carbons (Fsp3) is 0.419. The maximum absolute atomic E-state index is 11.3. The van der Waals surface area contributed by atoms with Gasteiger partial charge in [0, 0.05) is 40.0 Å². The van der Waals surface area contributed by atoms with Crippen molar-refractivity contribution in [3.63, 3.8) is 0 Å². The minimum absolute atomic E-state index is 0.121. The Balaban J connectivity index is 1.66. The van der Waals surface area contributed by atoms with Crippen LogP contribution in [0.2, 0.25) is 20.1 Å². The van der Waals surface area contributed by atoms with Crippen molar-refractivity contribution >= 4 is 81.1 Å². The molecule has 2 aliphatic rings. The largest absolute Gasteiger partial charge is 0.466 e. The predicted octanol–water partition coefficient (Wildman–Crippen LogP) is 7.92. The van der Waals surface area contributed by atoms with Gasteiger partial charge in [-0.25, -0.2) is 0 Å². The molecular formula is C31H36Cl4N4O4. The summed E-state index contributed by atoms with van der Waals surface area (Å²) in [4.78, 5) is 31.5. The van der Waals surface area contributed by atoms with Gasteiger partial charge in [0.25, 0.3) is 0 Å². The van der Waals surface area contributed by atoms with Gasteiger partial charge in [-0.15, -0.1) is 0 Å². The van der Waals surface area contributed by atoms with E-state index in [1.807, 2.05) is 30.3 Å². The third-order valence-electron chi connectivity index (χ3n) is 7.29. The van der Waals surface area contributed by atoms with Crippen LogP contribution in [0.15, 0.2) is 48.3 Å². The molecule has 0 unspecified atom stereocenters. The van der Waals surface area contributed by atoms with E-state index in [1.54, 1.807) is 0 Å². The Labute approximate surface area is 273 Å². The Kier molecular flexibility index (Phi) is 11.4. The van der Waals surface area contributed by atoms with Gasteiger partial charge in [-0.2, -0.15) is 0 Å². The molecule has 0 saturated heterocycles. The van der Waals surface area contributed by atoms with Crippen molar-refractivity contribution in [3.8, 4) is 0 Å². The van der Waals surface area contributed by atoms with Crippen molar-refractivity contribution < 1.29 is 19.1 Å². The van der Waals surface area contributed by atoms with Gasteiger partial charge in [0.15, 0.2) is 0 Å². The summed E-state index contributed by atoms with van der Waals surface area (Å²) >= 11 is 25.7. The van der Waals surface area contributed by atoms with Crippen LogP contribution in [0.25, 0.3) is 0 Å². The molecule has 232 valence electrons. The molecule has 0 spiro atoms. The highest BCUT2D eigenvalue weighted by Crippen LogP contribution is 2.46. The molecule has 2 aliphatic heterocycles. The Hall–Kier alpha value is -2.78. The second kappa shape index (κ2) is 14.8. The van der Waals surface area contributed by atoms with E-state index in [0.717, 1.165) is 35.1 Å². The maximum Gasteiger partial charge on any atom is 0.302 e. The molecule has 0 bridgehead atoms. The highest BCUT2D eigenvalue weighted by atomic mass is 35.5. The van der Waals surface area contributed by atoms with Gasteiger partial charge >= 0.3 is 11.9 Å². The summed E-state index contributed by atoms with van der Waals surface area (Å²) in [7, 11) is 0. The molecule has 1 atom stereocenters. The first-order valence-electron chi connectivity index (χ1n) is 14.3. The quantitative estimate of drug-likeness (QED) is 0.167. The van der Waals surface area contributed by atoms with Gasteiger partial charge < -0.3 is 29.1 Å². The van der Waals surface area contributed by atoms with E-state index < -0.39 is 0 Å². The number of likely N-dealkylation sites (N-methyl/N-ethyl adjacent to an activating group) is 1. The fourth-order valence-electron chi connectivity index (χ4n) is 5.49. The Morgan fingerprint density at radius 3 is 1.72 bits per heavy atom. The number of esters is 2. The topological polar surface area (TPSA) is 65.6 Å². The third kappa shape index (κ3) is 7.48. The van der Waals surface area contributed by atoms with Crippen molar-refractivity contribution in [3.05, 3.63) is 68.4 Å². The molecule has 2 heterocycles. The molecule has 12 heteroatoms. The van der Waals surface area contributed by atoms with Gasteiger partial charge in [-0.05, 0) is 63.1 Å². The number of benzene rings is 2. The molecule has 2 aromatic carbocycles. The second-order valence-electron chi connectivity index (χ2n) is 10.1. The molecule has 0 N–H and O–H groups in total. The van der Waals surface area contributed by atoms with Gasteiger partial charge in [0.05, 0.1) is 56.1 Å². The van der Waals surface area contributed by atoms with E-state index in [9.17, 15) is 9.59 Å². The molecular weight excluding hydrogens is 634 g/mol. The third-order valence-corrected chi connectivity index (χ3v) is 8.74. The number of hydrogen-bond donors (Lipinski definition) is 0. The smallest absolute Gasteiger partial charge is 0.302 e. The molecule has 8 nitrogen and oxygen atoms in total. The summed E-state index contributed by atoms with van der Waals surface area (Å²) in [6, 6.07) is 7.56. The summed E-state index contributed by atoms with van der Waals surface area (Å²) in [6.07, 6.45) is 7.43. The average Bonchev–Trinajstić information content (AvgIpc) is 3.39. The van der Waals surface area contributed by atoms with Crippen molar-refractivity contribution in [2.24, 2.45) is 0 Å². The zero-order valence-electron chi connectivity index (χ0n) is 24.7. The van der Waals surface area contributed by atoms with Crippen LogP contribution in [0.4, 0.5) is 22.7 Å². The van der Waals surface area contributed by atoms with Crippen LogP contribution in [0, 0.1) is 0 Å². The highest BCUT2D eigenvalue weighted by molar-refractivity contribution is 6.43. The van der Waals surface area contributed by atoms with E-state index in [1.165, 1.54) is 13.8 Å². The fourth-order valence-corrected chi connectivity index (χ4v) is 6.12. The van der Waals surface area contributed by atoms with Gasteiger partial charge in [0.1, 0.15) is 12.0 Å². The Bertz CT molecular complexity index is 1420. The standard InChI is InChI=1S/C31H36Cl4N4O4/c1-5-36-26-16-22(32)24(34)18-28(26)38(12-8-14-42-20(3)40)30(36)10-7-11-31-37(6-2)27-17-23(33)25(35)19-29(27)39(31)13-9-15-43-21(4)41/h7,10-11,16-19,30H,5-6,8-9,12-15H2,1-4H3/b10-7-,31-11+/t30-/m0/s1. The summed E-state index contributed by atoms with van der Waals surface area (Å²) < 4.78 is 10.4. The SMILES string of the molecule is CCN1/C(=C\C=C/[C@H]2N(CC)c3cc(Cl)c(Cl)cc3N2CCCOC(C)=O)N(CCCOC(C)=O)c2cc(Cl)c(Cl)cc21. The van der Waals surface area contributed by atoms with Gasteiger partial charge in [-0.1, -0.05) is 52.5 Å². The Morgan fingerprint density at radius 1 is 0.721 bits per heavy atom. The molecule has 2 aromatic rings. The number of halogens is 4. The summed E-state index contributed by atoms with van der Waals surface area (Å²) in [5.74, 6) is 0.359. The molecule has 0 fully saturated rings. The second-order valence-corrected chi connectivity index (χ2v) is 11.7. The number of nitrogens with zero attached hydrogens (tertiary/aromatic N) is 4. The van der Waals surface area contributed by atoms with Crippen molar-refractivity contribution in [2.75, 3.05) is 59.0 Å². The van der Waals surface area contributed by atoms with Crippen LogP contribution in [0.1, 0.15) is 40.5 Å². The lowest BCUT2D eigenvalue weighted by Crippen LogP contribution is -2.42. The van der Waals surface area contributed by atoms with E-state index in [-0.39, 0.29) is 18.1 Å². The molecule has 0 saturated carbocycles. The number of ether oxygens (including phenoxy) is 2. The van der Waals surface area contributed by atoms with Crippen LogP contribution in [-0.2, 0) is 19.1 Å². The summed E-state index contributed by atoms with van der Waals surface area (Å²) in [6.45, 7) is 10.3. The lowest BCUT2D eigenvalue weighted by atomic mass is 10.2. The van der Waals surface area contributed by atoms with Crippen molar-refractivity contribution in [1.29, 1.82) is 0 Å². The first-order chi connectivity index (χ1) is 20.6. The van der Waals surface area contributed by atoms with Crippen LogP contribution < -0.4 is 19.6 Å².